The molecule has 1 heterocycles. The maximum Gasteiger partial charge on any atom is 0.143 e. The van der Waals surface area contributed by atoms with E-state index >= 15 is 0 Å². The van der Waals surface area contributed by atoms with E-state index in [2.05, 4.69) is 9.97 Å². The normalized spacial score (nSPS) is 19.1. The Morgan fingerprint density at radius 3 is 2.79 bits per heavy atom. The van der Waals surface area contributed by atoms with Gasteiger partial charge in [-0.05, 0) is 20.3 Å². The number of Topliss-reactive ketones (excluding diaryl/α,β-unsaturated/α-hetero) is 1. The maximum absolute atomic E-state index is 11.7. The summed E-state index contributed by atoms with van der Waals surface area (Å²) in [7, 11) is 0. The van der Waals surface area contributed by atoms with Gasteiger partial charge >= 0.3 is 0 Å². The Bertz CT molecular complexity index is 398. The quantitative estimate of drug-likeness (QED) is 0.660. The molecule has 0 atom stereocenters. The van der Waals surface area contributed by atoms with E-state index in [1.54, 1.807) is 0 Å². The van der Waals surface area contributed by atoms with Crippen LogP contribution in [0.25, 0.3) is 0 Å². The number of anilines is 1. The van der Waals surface area contributed by atoms with Crippen molar-refractivity contribution in [1.29, 1.82) is 0 Å². The van der Waals surface area contributed by atoms with Gasteiger partial charge < -0.3 is 5.73 Å². The maximum atomic E-state index is 11.7. The summed E-state index contributed by atoms with van der Waals surface area (Å²) >= 11 is 0. The molecule has 0 aliphatic heterocycles. The van der Waals surface area contributed by atoms with Gasteiger partial charge in [0.25, 0.3) is 0 Å². The number of aromatic nitrogens is 2. The van der Waals surface area contributed by atoms with Gasteiger partial charge in [-0.15, -0.1) is 0 Å². The molecular weight excluding hydrogens is 178 g/mol. The zero-order valence-corrected chi connectivity index (χ0v) is 8.37. The first kappa shape index (κ1) is 9.12. The van der Waals surface area contributed by atoms with Crippen molar-refractivity contribution >= 4 is 11.6 Å². The van der Waals surface area contributed by atoms with Crippen molar-refractivity contribution in [1.82, 2.24) is 9.97 Å². The summed E-state index contributed by atoms with van der Waals surface area (Å²) in [5, 5.41) is 0. The minimum atomic E-state index is -0.529. The molecule has 1 aliphatic carbocycles. The zero-order chi connectivity index (χ0) is 10.3. The van der Waals surface area contributed by atoms with E-state index < -0.39 is 5.41 Å². The number of ketones is 1. The summed E-state index contributed by atoms with van der Waals surface area (Å²) in [4.78, 5) is 19.8. The average Bonchev–Trinajstić information content (AvgIpc) is 2.11. The van der Waals surface area contributed by atoms with Crippen LogP contribution >= 0.6 is 0 Å². The first-order chi connectivity index (χ1) is 6.53. The molecule has 0 spiro atoms. The van der Waals surface area contributed by atoms with Gasteiger partial charge in [-0.25, -0.2) is 9.97 Å². The van der Waals surface area contributed by atoms with E-state index in [0.717, 1.165) is 11.3 Å². The van der Waals surface area contributed by atoms with Crippen molar-refractivity contribution in [2.24, 2.45) is 0 Å². The first-order valence-corrected chi connectivity index (χ1v) is 4.66. The number of nitrogens with two attached hydrogens (primary N) is 1. The number of carbonyl (C=O) groups is 1. The molecule has 2 rings (SSSR count). The fourth-order valence-corrected chi connectivity index (χ4v) is 1.99. The van der Waals surface area contributed by atoms with E-state index in [1.807, 2.05) is 13.8 Å². The highest BCUT2D eigenvalue weighted by Crippen LogP contribution is 2.35. The summed E-state index contributed by atoms with van der Waals surface area (Å²) in [5.74, 6) is 0.652. The van der Waals surface area contributed by atoms with Crippen molar-refractivity contribution in [2.45, 2.75) is 32.1 Å². The Morgan fingerprint density at radius 1 is 1.36 bits per heavy atom. The van der Waals surface area contributed by atoms with Gasteiger partial charge in [0.05, 0.1) is 11.1 Å². The van der Waals surface area contributed by atoms with E-state index in [4.69, 9.17) is 5.73 Å². The molecule has 4 heteroatoms. The third-order valence-corrected chi connectivity index (χ3v) is 2.87. The highest BCUT2D eigenvalue weighted by atomic mass is 16.1. The predicted molar refractivity (Wildman–Crippen MR) is 52.8 cm³/mol. The van der Waals surface area contributed by atoms with Crippen LogP contribution in [-0.4, -0.2) is 15.8 Å². The zero-order valence-electron chi connectivity index (χ0n) is 8.37. The first-order valence-electron chi connectivity index (χ1n) is 4.66. The Labute approximate surface area is 82.6 Å². The fraction of sp³-hybridized carbons (Fsp3) is 0.500. The molecular formula is C10H13N3O. The Hall–Kier alpha value is -1.45. The molecule has 14 heavy (non-hydrogen) atoms. The largest absolute Gasteiger partial charge is 0.383 e. The highest BCUT2D eigenvalue weighted by molar-refractivity contribution is 5.92. The Kier molecular flexibility index (Phi) is 1.80. The van der Waals surface area contributed by atoms with Gasteiger partial charge in [0, 0.05) is 12.0 Å². The van der Waals surface area contributed by atoms with Crippen molar-refractivity contribution in [3.05, 3.63) is 17.6 Å². The van der Waals surface area contributed by atoms with Crippen LogP contribution in [0.1, 0.15) is 31.5 Å². The van der Waals surface area contributed by atoms with Gasteiger partial charge in [-0.3, -0.25) is 4.79 Å². The molecule has 0 saturated carbocycles. The number of fused-ring (bicyclic) bond motifs is 1. The molecule has 0 saturated heterocycles. The van der Waals surface area contributed by atoms with Gasteiger partial charge in [-0.2, -0.15) is 0 Å². The third-order valence-electron chi connectivity index (χ3n) is 2.87. The highest BCUT2D eigenvalue weighted by Gasteiger charge is 2.37. The van der Waals surface area contributed by atoms with Gasteiger partial charge in [0.1, 0.15) is 17.9 Å². The lowest BCUT2D eigenvalue weighted by Crippen LogP contribution is -2.36. The summed E-state index contributed by atoms with van der Waals surface area (Å²) in [5.41, 5.74) is 6.98. The number of rotatable bonds is 0. The molecule has 0 aromatic carbocycles. The lowest BCUT2D eigenvalue weighted by Gasteiger charge is -2.30. The number of nitrogens with zero attached hydrogens (tertiary/aromatic N) is 2. The summed E-state index contributed by atoms with van der Waals surface area (Å²) in [6, 6.07) is 0. The molecule has 0 fully saturated rings. The van der Waals surface area contributed by atoms with E-state index in [1.165, 1.54) is 6.33 Å². The smallest absolute Gasteiger partial charge is 0.143 e. The van der Waals surface area contributed by atoms with E-state index in [-0.39, 0.29) is 5.78 Å². The average molecular weight is 191 g/mol. The van der Waals surface area contributed by atoms with Crippen LogP contribution in [0.4, 0.5) is 5.82 Å². The number of hydrogen-bond acceptors (Lipinski definition) is 4. The van der Waals surface area contributed by atoms with Crippen molar-refractivity contribution in [2.75, 3.05) is 5.73 Å². The van der Waals surface area contributed by atoms with Crippen LogP contribution in [0.5, 0.6) is 0 Å². The fourth-order valence-electron chi connectivity index (χ4n) is 1.99. The number of aryl methyl sites for hydroxylation is 1. The second-order valence-electron chi connectivity index (χ2n) is 4.13. The Balaban J connectivity index is 2.67. The minimum absolute atomic E-state index is 0.214. The van der Waals surface area contributed by atoms with Crippen LogP contribution in [0, 0.1) is 0 Å². The minimum Gasteiger partial charge on any atom is -0.383 e. The summed E-state index contributed by atoms with van der Waals surface area (Å²) < 4.78 is 0. The van der Waals surface area contributed by atoms with Crippen LogP contribution in [0.2, 0.25) is 0 Å². The molecule has 4 nitrogen and oxygen atoms in total. The molecule has 0 bridgehead atoms. The standard InChI is InChI=1S/C10H13N3O/c1-10(2)7(14)4-3-6-8(10)9(11)13-5-12-6/h5H,3-4H2,1-2H3,(H2,11,12,13). The molecule has 1 aliphatic rings. The van der Waals surface area contributed by atoms with Crippen LogP contribution < -0.4 is 5.73 Å². The monoisotopic (exact) mass is 191 g/mol. The van der Waals surface area contributed by atoms with Crippen molar-refractivity contribution in [3.8, 4) is 0 Å². The molecule has 1 aromatic rings. The van der Waals surface area contributed by atoms with Crippen LogP contribution in [0.3, 0.4) is 0 Å². The molecule has 0 radical (unpaired) electrons. The molecule has 1 aromatic heterocycles. The van der Waals surface area contributed by atoms with Gasteiger partial charge in [0.2, 0.25) is 0 Å². The van der Waals surface area contributed by atoms with Crippen molar-refractivity contribution < 1.29 is 4.79 Å². The molecule has 0 unspecified atom stereocenters. The summed E-state index contributed by atoms with van der Waals surface area (Å²) in [6.45, 7) is 3.76. The molecule has 74 valence electrons. The van der Waals surface area contributed by atoms with E-state index in [9.17, 15) is 4.79 Å². The predicted octanol–water partition coefficient (Wildman–Crippen LogP) is 0.852. The van der Waals surface area contributed by atoms with Gasteiger partial charge in [0.15, 0.2) is 0 Å². The second-order valence-corrected chi connectivity index (χ2v) is 4.13. The second kappa shape index (κ2) is 2.77. The lowest BCUT2D eigenvalue weighted by atomic mass is 9.73. The number of nitrogen functional groups attached to an aromatic ring is 1. The molecule has 0 amide bonds. The number of hydrogen-bond donors (Lipinski definition) is 1. The topological polar surface area (TPSA) is 68.9 Å². The molecule has 2 N–H and O–H groups in total. The van der Waals surface area contributed by atoms with Crippen LogP contribution in [-0.2, 0) is 16.6 Å². The third kappa shape index (κ3) is 1.10. The SMILES string of the molecule is CC1(C)C(=O)CCc2ncnc(N)c21. The van der Waals surface area contributed by atoms with Gasteiger partial charge in [-0.1, -0.05) is 0 Å². The van der Waals surface area contributed by atoms with Crippen molar-refractivity contribution in [3.63, 3.8) is 0 Å². The summed E-state index contributed by atoms with van der Waals surface area (Å²) in [6.07, 6.45) is 2.70. The Morgan fingerprint density at radius 2 is 2.07 bits per heavy atom. The van der Waals surface area contributed by atoms with E-state index in [0.29, 0.717) is 18.7 Å². The lowest BCUT2D eigenvalue weighted by molar-refractivity contribution is -0.124. The van der Waals surface area contributed by atoms with Crippen LogP contribution in [0.15, 0.2) is 6.33 Å². The number of carbonyl (C=O) groups excluding carboxylic acids is 1.